The highest BCUT2D eigenvalue weighted by molar-refractivity contribution is 5.97. The Kier molecular flexibility index (Phi) is 8.30. The quantitative estimate of drug-likeness (QED) is 0.505. The number of H-pyrrole nitrogens is 1. The highest BCUT2D eigenvalue weighted by Crippen LogP contribution is 2.41. The maximum absolute atomic E-state index is 13.1. The summed E-state index contributed by atoms with van der Waals surface area (Å²) < 4.78 is 17.9. The van der Waals surface area contributed by atoms with Crippen LogP contribution in [0.3, 0.4) is 0 Å². The van der Waals surface area contributed by atoms with Crippen molar-refractivity contribution in [3.05, 3.63) is 56.0 Å². The Balaban J connectivity index is 1.56. The molecule has 1 atom stereocenters. The predicted molar refractivity (Wildman–Crippen MR) is 151 cm³/mol. The van der Waals surface area contributed by atoms with Crippen LogP contribution in [0.25, 0.3) is 0 Å². The Morgan fingerprint density at radius 3 is 2.49 bits per heavy atom. The molecule has 1 saturated carbocycles. The van der Waals surface area contributed by atoms with Crippen LogP contribution >= 0.6 is 0 Å². The van der Waals surface area contributed by atoms with E-state index in [1.807, 2.05) is 26.8 Å². The van der Waals surface area contributed by atoms with E-state index in [0.29, 0.717) is 42.6 Å². The first-order valence-electron chi connectivity index (χ1n) is 14.2. The van der Waals surface area contributed by atoms with Gasteiger partial charge in [0, 0.05) is 79.6 Å². The minimum absolute atomic E-state index is 0.0372. The number of hydrogen-bond acceptors (Lipinski definition) is 7. The van der Waals surface area contributed by atoms with Crippen LogP contribution in [0.5, 0.6) is 5.75 Å². The van der Waals surface area contributed by atoms with E-state index in [2.05, 4.69) is 21.7 Å². The van der Waals surface area contributed by atoms with Crippen LogP contribution < -0.4 is 20.9 Å². The summed E-state index contributed by atoms with van der Waals surface area (Å²) in [7, 11) is 0. The number of pyridine rings is 1. The van der Waals surface area contributed by atoms with Gasteiger partial charge in [0.1, 0.15) is 11.9 Å². The second-order valence-corrected chi connectivity index (χ2v) is 11.2. The van der Waals surface area contributed by atoms with E-state index < -0.39 is 5.91 Å². The molecule has 1 aromatic carbocycles. The molecule has 1 aliphatic carbocycles. The van der Waals surface area contributed by atoms with Crippen molar-refractivity contribution in [2.75, 3.05) is 51.0 Å². The monoisotopic (exact) mass is 538 g/mol. The molecule has 0 spiro atoms. The van der Waals surface area contributed by atoms with Gasteiger partial charge in [-0.15, -0.1) is 0 Å². The number of nitrogens with one attached hydrogen (secondary N) is 1. The number of primary amides is 1. The van der Waals surface area contributed by atoms with Gasteiger partial charge >= 0.3 is 0 Å². The Bertz CT molecular complexity index is 1260. The van der Waals surface area contributed by atoms with E-state index in [1.54, 1.807) is 6.07 Å². The third kappa shape index (κ3) is 5.71. The maximum atomic E-state index is 13.1. The lowest BCUT2D eigenvalue weighted by Crippen LogP contribution is -2.52. The summed E-state index contributed by atoms with van der Waals surface area (Å²) in [6, 6.07) is 4.46. The van der Waals surface area contributed by atoms with Crippen molar-refractivity contribution < 1.29 is 19.0 Å². The van der Waals surface area contributed by atoms with E-state index in [0.717, 1.165) is 80.2 Å². The number of benzene rings is 1. The predicted octanol–water partition coefficient (Wildman–Crippen LogP) is 2.85. The van der Waals surface area contributed by atoms with Crippen LogP contribution in [0.4, 0.5) is 5.69 Å². The van der Waals surface area contributed by atoms with E-state index in [9.17, 15) is 9.59 Å². The van der Waals surface area contributed by atoms with Gasteiger partial charge in [-0.25, -0.2) is 0 Å². The molecule has 2 aliphatic heterocycles. The van der Waals surface area contributed by atoms with Gasteiger partial charge in [0.05, 0.1) is 25.9 Å². The maximum Gasteiger partial charge on any atom is 0.251 e. The number of hydrogen-bond donors (Lipinski definition) is 2. The summed E-state index contributed by atoms with van der Waals surface area (Å²) in [6.45, 7) is 13.4. The molecule has 9 heteroatoms. The fourth-order valence-electron chi connectivity index (χ4n) is 6.42. The molecule has 1 aromatic heterocycles. The van der Waals surface area contributed by atoms with Crippen molar-refractivity contribution in [1.29, 1.82) is 0 Å². The number of anilines is 1. The topological polar surface area (TPSA) is 110 Å². The summed E-state index contributed by atoms with van der Waals surface area (Å²) in [6.07, 6.45) is 3.18. The van der Waals surface area contributed by atoms with Crippen LogP contribution in [0.2, 0.25) is 0 Å². The summed E-state index contributed by atoms with van der Waals surface area (Å²) in [4.78, 5) is 33.5. The number of nitrogens with zero attached hydrogens (tertiary/aromatic N) is 2. The number of ether oxygens (including phenoxy) is 3. The van der Waals surface area contributed by atoms with Crippen molar-refractivity contribution >= 4 is 11.6 Å². The van der Waals surface area contributed by atoms with Gasteiger partial charge < -0.3 is 29.8 Å². The van der Waals surface area contributed by atoms with Gasteiger partial charge in [0.25, 0.3) is 5.56 Å². The van der Waals surface area contributed by atoms with Crippen molar-refractivity contribution in [1.82, 2.24) is 9.88 Å². The number of likely N-dealkylation sites (N-methyl/N-ethyl adjacent to an activating group) is 1. The average molecular weight is 539 g/mol. The lowest BCUT2D eigenvalue weighted by atomic mass is 9.87. The molecular weight excluding hydrogens is 496 g/mol. The van der Waals surface area contributed by atoms with Crippen LogP contribution in [0, 0.1) is 20.8 Å². The van der Waals surface area contributed by atoms with Gasteiger partial charge in [-0.2, -0.15) is 0 Å². The number of aryl methyl sites for hydroxylation is 2. The third-order valence-electron chi connectivity index (χ3n) is 8.63. The zero-order chi connectivity index (χ0) is 27.7. The molecule has 3 fully saturated rings. The van der Waals surface area contributed by atoms with Gasteiger partial charge in [-0.3, -0.25) is 14.5 Å². The molecule has 5 rings (SSSR count). The zero-order valence-corrected chi connectivity index (χ0v) is 23.7. The normalized spacial score (nSPS) is 23.4. The standard InChI is InChI=1S/C30H42N4O5/c1-5-34(21-6-9-38-17-21)28-20(4)25(29(31)35)16-27(26(28)15-24-18(2)12-19(3)32-30(24)36)39-23-13-22(14-23)33-7-10-37-11-8-33/h12,16,21-23H,5-11,13-15,17H2,1-4H3,(H2,31,35)(H,32,36)/t21?,22-,23-. The first-order valence-corrected chi connectivity index (χ1v) is 14.2. The molecule has 212 valence electrons. The molecule has 3 heterocycles. The molecule has 39 heavy (non-hydrogen) atoms. The zero-order valence-electron chi connectivity index (χ0n) is 23.7. The Hall–Kier alpha value is -2.88. The third-order valence-corrected chi connectivity index (χ3v) is 8.63. The van der Waals surface area contributed by atoms with Crippen molar-refractivity contribution in [3.63, 3.8) is 0 Å². The number of carbonyl (C=O) groups excluding carboxylic acids is 1. The van der Waals surface area contributed by atoms with E-state index in [-0.39, 0.29) is 17.7 Å². The van der Waals surface area contributed by atoms with Gasteiger partial charge in [-0.05, 0) is 57.4 Å². The highest BCUT2D eigenvalue weighted by atomic mass is 16.5. The number of morpholine rings is 1. The van der Waals surface area contributed by atoms with Crippen LogP contribution in [0.15, 0.2) is 16.9 Å². The minimum Gasteiger partial charge on any atom is -0.490 e. The molecule has 2 saturated heterocycles. The Morgan fingerprint density at radius 2 is 1.87 bits per heavy atom. The fraction of sp³-hybridized carbons (Fsp3) is 0.600. The second-order valence-electron chi connectivity index (χ2n) is 11.2. The lowest BCUT2D eigenvalue weighted by Gasteiger charge is -2.44. The average Bonchev–Trinajstić information content (AvgIpc) is 3.41. The SMILES string of the molecule is CCN(c1c(C)c(C(N)=O)cc(O[C@H]2C[C@H](N3CCOCC3)C2)c1Cc1c(C)cc(C)[nH]c1=O)C1CCOC1. The Labute approximate surface area is 230 Å². The molecule has 1 amide bonds. The molecule has 3 N–H and O–H groups in total. The van der Waals surface area contributed by atoms with Crippen LogP contribution in [0.1, 0.15) is 64.5 Å². The summed E-state index contributed by atoms with van der Waals surface area (Å²) >= 11 is 0. The van der Waals surface area contributed by atoms with Crippen LogP contribution in [-0.2, 0) is 15.9 Å². The molecule has 0 radical (unpaired) electrons. The van der Waals surface area contributed by atoms with Gasteiger partial charge in [0.15, 0.2) is 0 Å². The van der Waals surface area contributed by atoms with Crippen molar-refractivity contribution in [3.8, 4) is 5.75 Å². The number of nitrogens with two attached hydrogens (primary N) is 1. The first kappa shape index (κ1) is 27.7. The van der Waals surface area contributed by atoms with E-state index in [1.165, 1.54) is 0 Å². The molecule has 1 unspecified atom stereocenters. The molecule has 9 nitrogen and oxygen atoms in total. The first-order chi connectivity index (χ1) is 18.8. The summed E-state index contributed by atoms with van der Waals surface area (Å²) in [5, 5.41) is 0. The van der Waals surface area contributed by atoms with Gasteiger partial charge in [-0.1, -0.05) is 0 Å². The number of carbonyl (C=O) groups is 1. The molecule has 3 aliphatic rings. The molecular formula is C30H42N4O5. The lowest BCUT2D eigenvalue weighted by molar-refractivity contribution is -0.0375. The molecule has 2 aromatic rings. The number of rotatable bonds is 9. The highest BCUT2D eigenvalue weighted by Gasteiger charge is 2.37. The largest absolute Gasteiger partial charge is 0.490 e. The fourth-order valence-corrected chi connectivity index (χ4v) is 6.42. The number of aromatic amines is 1. The second kappa shape index (κ2) is 11.7. The smallest absolute Gasteiger partial charge is 0.251 e. The minimum atomic E-state index is -0.479. The molecule has 0 bridgehead atoms. The Morgan fingerprint density at radius 1 is 1.13 bits per heavy atom. The van der Waals surface area contributed by atoms with Gasteiger partial charge in [0.2, 0.25) is 5.91 Å². The van der Waals surface area contributed by atoms with E-state index >= 15 is 0 Å². The van der Waals surface area contributed by atoms with Crippen molar-refractivity contribution in [2.24, 2.45) is 5.73 Å². The van der Waals surface area contributed by atoms with Crippen LogP contribution in [-0.4, -0.2) is 80.0 Å². The summed E-state index contributed by atoms with van der Waals surface area (Å²) in [5.41, 5.74) is 11.4. The van der Waals surface area contributed by atoms with E-state index in [4.69, 9.17) is 19.9 Å². The number of aromatic nitrogens is 1. The number of amides is 1. The van der Waals surface area contributed by atoms with Crippen molar-refractivity contribution in [2.45, 2.75) is 71.6 Å². The summed E-state index contributed by atoms with van der Waals surface area (Å²) in [5.74, 6) is 0.166.